The van der Waals surface area contributed by atoms with Crippen molar-refractivity contribution in [1.82, 2.24) is 5.32 Å². The van der Waals surface area contributed by atoms with Crippen LogP contribution < -0.4 is 5.32 Å². The number of amides is 1. The first-order valence-corrected chi connectivity index (χ1v) is 18.6. The van der Waals surface area contributed by atoms with Gasteiger partial charge in [-0.3, -0.25) is 4.79 Å². The van der Waals surface area contributed by atoms with E-state index in [0.29, 0.717) is 12.8 Å². The maximum absolute atomic E-state index is 12.3. The van der Waals surface area contributed by atoms with Crippen LogP contribution in [-0.4, -0.2) is 34.9 Å². The summed E-state index contributed by atoms with van der Waals surface area (Å²) in [4.78, 5) is 12.3. The number of hydrogen-bond donors (Lipinski definition) is 3. The number of nitrogens with one attached hydrogen (secondary N) is 1. The summed E-state index contributed by atoms with van der Waals surface area (Å²) in [6.07, 6.45) is 35.8. The van der Waals surface area contributed by atoms with Crippen LogP contribution in [0, 0.1) is 5.92 Å². The Morgan fingerprint density at radius 2 is 0.927 bits per heavy atom. The Morgan fingerprint density at radius 3 is 1.32 bits per heavy atom. The molecule has 0 spiro atoms. The fourth-order valence-corrected chi connectivity index (χ4v) is 5.87. The number of rotatable bonds is 33. The van der Waals surface area contributed by atoms with Gasteiger partial charge in [0.15, 0.2) is 0 Å². The molecule has 0 bridgehead atoms. The number of carbonyl (C=O) groups is 1. The normalized spacial score (nSPS) is 13.8. The van der Waals surface area contributed by atoms with Gasteiger partial charge in [0.2, 0.25) is 5.91 Å². The molecule has 4 heteroatoms. The highest BCUT2D eigenvalue weighted by Gasteiger charge is 2.19. The summed E-state index contributed by atoms with van der Waals surface area (Å²) in [6, 6.07) is -0.529. The fourth-order valence-electron chi connectivity index (χ4n) is 5.87. The van der Waals surface area contributed by atoms with E-state index in [2.05, 4.69) is 26.1 Å². The maximum atomic E-state index is 12.3. The van der Waals surface area contributed by atoms with E-state index in [1.54, 1.807) is 0 Å². The van der Waals surface area contributed by atoms with Crippen molar-refractivity contribution < 1.29 is 15.0 Å². The molecule has 0 aromatic heterocycles. The van der Waals surface area contributed by atoms with Crippen LogP contribution in [-0.2, 0) is 4.79 Å². The number of carbonyl (C=O) groups excluding carboxylic acids is 1. The van der Waals surface area contributed by atoms with Crippen molar-refractivity contribution >= 4 is 5.91 Å². The van der Waals surface area contributed by atoms with Crippen LogP contribution in [0.15, 0.2) is 0 Å². The Labute approximate surface area is 257 Å². The number of unbranched alkanes of at least 4 members (excludes halogenated alkanes) is 23. The Kier molecular flexibility index (Phi) is 31.8. The third-order valence-electron chi connectivity index (χ3n) is 9.16. The van der Waals surface area contributed by atoms with Crippen molar-refractivity contribution in [3.63, 3.8) is 0 Å². The van der Waals surface area contributed by atoms with Gasteiger partial charge in [0, 0.05) is 6.42 Å². The molecule has 3 N–H and O–H groups in total. The van der Waals surface area contributed by atoms with Gasteiger partial charge in [-0.2, -0.15) is 0 Å². The lowest BCUT2D eigenvalue weighted by atomic mass is 9.99. The van der Waals surface area contributed by atoms with E-state index in [1.165, 1.54) is 148 Å². The molecule has 1 unspecified atom stereocenters. The summed E-state index contributed by atoms with van der Waals surface area (Å²) in [7, 11) is 0. The molecule has 246 valence electrons. The molecule has 0 rings (SSSR count). The molecule has 1 amide bonds. The predicted octanol–water partition coefficient (Wildman–Crippen LogP) is 10.8. The molecule has 4 nitrogen and oxygen atoms in total. The van der Waals surface area contributed by atoms with Gasteiger partial charge in [-0.05, 0) is 18.8 Å². The summed E-state index contributed by atoms with van der Waals surface area (Å²) in [5.74, 6) is 0.843. The summed E-state index contributed by atoms with van der Waals surface area (Å²) in [5.41, 5.74) is 0. The molecule has 41 heavy (non-hydrogen) atoms. The van der Waals surface area contributed by atoms with Crippen molar-refractivity contribution in [2.75, 3.05) is 6.61 Å². The average molecular weight is 582 g/mol. The molecule has 0 aliphatic rings. The van der Waals surface area contributed by atoms with Gasteiger partial charge in [-0.25, -0.2) is 0 Å². The molecule has 0 aromatic rings. The second kappa shape index (κ2) is 32.3. The van der Waals surface area contributed by atoms with E-state index < -0.39 is 12.1 Å². The molecule has 0 heterocycles. The highest BCUT2D eigenvalue weighted by molar-refractivity contribution is 5.76. The third kappa shape index (κ3) is 29.2. The second-order valence-electron chi connectivity index (χ2n) is 13.2. The first kappa shape index (κ1) is 40.4. The highest BCUT2D eigenvalue weighted by Crippen LogP contribution is 2.17. The molecular weight excluding hydrogens is 506 g/mol. The zero-order valence-corrected chi connectivity index (χ0v) is 28.2. The SMILES string of the molecule is CCCCCCCCCCCCCCCCCCCC(=O)N[C@@H](CO)[C@H](O)CCCCCCCCCCC(C)CC. The van der Waals surface area contributed by atoms with Gasteiger partial charge in [-0.1, -0.05) is 188 Å². The zero-order chi connectivity index (χ0) is 30.2. The van der Waals surface area contributed by atoms with Gasteiger partial charge in [-0.15, -0.1) is 0 Å². The largest absolute Gasteiger partial charge is 0.394 e. The van der Waals surface area contributed by atoms with E-state index in [1.807, 2.05) is 0 Å². The van der Waals surface area contributed by atoms with Crippen molar-refractivity contribution in [2.24, 2.45) is 5.92 Å². The molecular formula is C37H75NO3. The lowest BCUT2D eigenvalue weighted by molar-refractivity contribution is -0.123. The molecule has 0 saturated carbocycles. The number of aliphatic hydroxyl groups excluding tert-OH is 2. The Hall–Kier alpha value is -0.610. The molecule has 0 aliphatic heterocycles. The first-order valence-electron chi connectivity index (χ1n) is 18.6. The Bertz CT molecular complexity index is 526. The van der Waals surface area contributed by atoms with E-state index >= 15 is 0 Å². The van der Waals surface area contributed by atoms with Crippen LogP contribution in [0.5, 0.6) is 0 Å². The molecule has 0 fully saturated rings. The predicted molar refractivity (Wildman–Crippen MR) is 179 cm³/mol. The van der Waals surface area contributed by atoms with Gasteiger partial charge in [0.05, 0.1) is 18.8 Å². The molecule has 0 aromatic carbocycles. The van der Waals surface area contributed by atoms with Gasteiger partial charge in [0.1, 0.15) is 0 Å². The third-order valence-corrected chi connectivity index (χ3v) is 9.16. The van der Waals surface area contributed by atoms with Gasteiger partial charge < -0.3 is 15.5 Å². The Morgan fingerprint density at radius 1 is 0.561 bits per heavy atom. The minimum absolute atomic E-state index is 0.0302. The summed E-state index contributed by atoms with van der Waals surface area (Å²) < 4.78 is 0. The van der Waals surface area contributed by atoms with Gasteiger partial charge in [0.25, 0.3) is 0 Å². The fraction of sp³-hybridized carbons (Fsp3) is 0.973. The first-order chi connectivity index (χ1) is 20.0. The summed E-state index contributed by atoms with van der Waals surface area (Å²) in [5, 5.41) is 23.0. The van der Waals surface area contributed by atoms with Crippen LogP contribution in [0.3, 0.4) is 0 Å². The summed E-state index contributed by atoms with van der Waals surface area (Å²) in [6.45, 7) is 6.72. The van der Waals surface area contributed by atoms with Crippen LogP contribution >= 0.6 is 0 Å². The second-order valence-corrected chi connectivity index (χ2v) is 13.2. The maximum Gasteiger partial charge on any atom is 0.220 e. The number of aliphatic hydroxyl groups is 2. The Balaban J connectivity index is 3.53. The summed E-state index contributed by atoms with van der Waals surface area (Å²) >= 11 is 0. The van der Waals surface area contributed by atoms with Crippen molar-refractivity contribution in [2.45, 2.75) is 219 Å². The highest BCUT2D eigenvalue weighted by atomic mass is 16.3. The monoisotopic (exact) mass is 582 g/mol. The van der Waals surface area contributed by atoms with Crippen LogP contribution in [0.25, 0.3) is 0 Å². The quantitative estimate of drug-likeness (QED) is 0.0675. The van der Waals surface area contributed by atoms with Crippen molar-refractivity contribution in [3.05, 3.63) is 0 Å². The van der Waals surface area contributed by atoms with E-state index in [9.17, 15) is 15.0 Å². The van der Waals surface area contributed by atoms with Crippen molar-refractivity contribution in [1.29, 1.82) is 0 Å². The topological polar surface area (TPSA) is 69.6 Å². The molecule has 0 aliphatic carbocycles. The lowest BCUT2D eigenvalue weighted by Gasteiger charge is -2.22. The molecule has 0 radical (unpaired) electrons. The van der Waals surface area contributed by atoms with Crippen LogP contribution in [0.1, 0.15) is 207 Å². The zero-order valence-electron chi connectivity index (χ0n) is 28.2. The smallest absolute Gasteiger partial charge is 0.220 e. The minimum Gasteiger partial charge on any atom is -0.394 e. The average Bonchev–Trinajstić information content (AvgIpc) is 2.98. The number of hydrogen-bond acceptors (Lipinski definition) is 3. The van der Waals surface area contributed by atoms with E-state index in [0.717, 1.165) is 31.6 Å². The van der Waals surface area contributed by atoms with Gasteiger partial charge >= 0.3 is 0 Å². The standard InChI is InChI=1S/C37H75NO3/c1-4-6-7-8-9-10-11-12-13-14-15-16-17-18-23-26-29-32-37(41)38-35(33-39)36(40)31-28-25-22-20-19-21-24-27-30-34(3)5-2/h34-36,39-40H,4-33H2,1-3H3,(H,38,41)/t34?,35-,36+/m0/s1. The van der Waals surface area contributed by atoms with Crippen molar-refractivity contribution in [3.8, 4) is 0 Å². The van der Waals surface area contributed by atoms with Crippen LogP contribution in [0.4, 0.5) is 0 Å². The van der Waals surface area contributed by atoms with Crippen LogP contribution in [0.2, 0.25) is 0 Å². The molecule has 3 atom stereocenters. The van der Waals surface area contributed by atoms with E-state index in [-0.39, 0.29) is 12.5 Å². The lowest BCUT2D eigenvalue weighted by Crippen LogP contribution is -2.45. The van der Waals surface area contributed by atoms with E-state index in [4.69, 9.17) is 0 Å². The minimum atomic E-state index is -0.653. The molecule has 0 saturated heterocycles.